The van der Waals surface area contributed by atoms with Crippen molar-refractivity contribution in [3.8, 4) is 10.6 Å². The Balaban J connectivity index is 1.47. The third-order valence-electron chi connectivity index (χ3n) is 7.56. The lowest BCUT2D eigenvalue weighted by Crippen LogP contribution is -2.35. The van der Waals surface area contributed by atoms with E-state index in [1.807, 2.05) is 19.9 Å². The predicted molar refractivity (Wildman–Crippen MR) is 139 cm³/mol. The van der Waals surface area contributed by atoms with Crippen LogP contribution in [-0.4, -0.2) is 77.4 Å². The van der Waals surface area contributed by atoms with Gasteiger partial charge in [0.05, 0.1) is 39.4 Å². The summed E-state index contributed by atoms with van der Waals surface area (Å²) in [7, 11) is 0. The number of aliphatic hydroxyl groups excluding tert-OH is 3. The molecule has 194 valence electrons. The lowest BCUT2D eigenvalue weighted by Gasteiger charge is -2.23. The highest BCUT2D eigenvalue weighted by molar-refractivity contribution is 7.21. The summed E-state index contributed by atoms with van der Waals surface area (Å²) in [6.07, 6.45) is 4.47. The molecule has 2 saturated carbocycles. The number of anilines is 2. The Hall–Kier alpha value is -2.44. The first-order chi connectivity index (χ1) is 17.3. The van der Waals surface area contributed by atoms with Crippen molar-refractivity contribution in [3.63, 3.8) is 0 Å². The van der Waals surface area contributed by atoms with E-state index in [2.05, 4.69) is 20.6 Å². The molecule has 0 saturated heterocycles. The summed E-state index contributed by atoms with van der Waals surface area (Å²) in [4.78, 5) is 18.6. The number of fused-ring (bicyclic) bond motifs is 1. The fourth-order valence-corrected chi connectivity index (χ4v) is 6.53. The van der Waals surface area contributed by atoms with Gasteiger partial charge >= 0.3 is 0 Å². The van der Waals surface area contributed by atoms with Crippen LogP contribution in [-0.2, 0) is 0 Å². The van der Waals surface area contributed by atoms with E-state index in [9.17, 15) is 20.4 Å². The van der Waals surface area contributed by atoms with Crippen molar-refractivity contribution in [2.75, 3.05) is 23.8 Å². The molecule has 6 N–H and O–H groups in total. The zero-order valence-corrected chi connectivity index (χ0v) is 21.4. The minimum absolute atomic E-state index is 0.202. The zero-order valence-electron chi connectivity index (χ0n) is 20.6. The molecular formula is C25H34N6O4S. The monoisotopic (exact) mass is 514 g/mol. The number of hydrogen-bond acceptors (Lipinski definition) is 11. The lowest BCUT2D eigenvalue weighted by molar-refractivity contribution is 0.00446. The van der Waals surface area contributed by atoms with Crippen LogP contribution in [0.4, 0.5) is 11.8 Å². The highest BCUT2D eigenvalue weighted by Crippen LogP contribution is 2.38. The van der Waals surface area contributed by atoms with E-state index in [1.54, 1.807) is 6.20 Å². The number of pyridine rings is 1. The maximum atomic E-state index is 10.7. The van der Waals surface area contributed by atoms with Gasteiger partial charge < -0.3 is 31.1 Å². The Morgan fingerprint density at radius 2 is 1.86 bits per heavy atom. The molecule has 2 fully saturated rings. The van der Waals surface area contributed by atoms with Crippen molar-refractivity contribution in [1.29, 1.82) is 0 Å². The van der Waals surface area contributed by atoms with Crippen LogP contribution >= 0.6 is 11.3 Å². The number of nitrogens with one attached hydrogen (secondary N) is 2. The maximum absolute atomic E-state index is 10.7. The largest absolute Gasteiger partial charge is 0.396 e. The van der Waals surface area contributed by atoms with Crippen LogP contribution in [0.3, 0.4) is 0 Å². The van der Waals surface area contributed by atoms with Crippen molar-refractivity contribution < 1.29 is 20.4 Å². The smallest absolute Gasteiger partial charge is 0.224 e. The lowest BCUT2D eigenvalue weighted by atomic mass is 9.98. The van der Waals surface area contributed by atoms with E-state index in [0.29, 0.717) is 36.8 Å². The van der Waals surface area contributed by atoms with Gasteiger partial charge in [-0.2, -0.15) is 4.98 Å². The molecule has 2 aliphatic carbocycles. The van der Waals surface area contributed by atoms with Gasteiger partial charge in [0.1, 0.15) is 22.4 Å². The van der Waals surface area contributed by atoms with Gasteiger partial charge in [0.25, 0.3) is 0 Å². The first-order valence-electron chi connectivity index (χ1n) is 12.6. The van der Waals surface area contributed by atoms with Crippen LogP contribution < -0.4 is 10.6 Å². The van der Waals surface area contributed by atoms with Crippen LogP contribution in [0.25, 0.3) is 20.8 Å². The molecule has 5 rings (SSSR count). The van der Waals surface area contributed by atoms with Crippen LogP contribution in [0.5, 0.6) is 0 Å². The average molecular weight is 515 g/mol. The summed E-state index contributed by atoms with van der Waals surface area (Å²) in [6.45, 7) is 4.15. The molecule has 0 amide bonds. The fraction of sp³-hybridized carbons (Fsp3) is 0.600. The summed E-state index contributed by atoms with van der Waals surface area (Å²) in [5.74, 6) is 0.514. The van der Waals surface area contributed by atoms with Gasteiger partial charge in [-0.25, -0.2) is 9.97 Å². The molecule has 0 spiro atoms. The minimum Gasteiger partial charge on any atom is -0.396 e. The summed E-state index contributed by atoms with van der Waals surface area (Å²) in [5, 5.41) is 48.6. The fourth-order valence-electron chi connectivity index (χ4n) is 5.42. The molecule has 0 radical (unpaired) electrons. The van der Waals surface area contributed by atoms with E-state index in [-0.39, 0.29) is 6.61 Å². The highest BCUT2D eigenvalue weighted by Gasteiger charge is 2.41. The molecule has 0 aromatic carbocycles. The summed E-state index contributed by atoms with van der Waals surface area (Å²) in [5.41, 5.74) is 2.48. The number of hydrogen-bond donors (Lipinski definition) is 6. The molecule has 36 heavy (non-hydrogen) atoms. The van der Waals surface area contributed by atoms with E-state index in [1.165, 1.54) is 11.3 Å². The number of thiazole rings is 1. The first kappa shape index (κ1) is 25.2. The highest BCUT2D eigenvalue weighted by atomic mass is 32.1. The molecule has 0 aliphatic heterocycles. The first-order valence-corrected chi connectivity index (χ1v) is 13.4. The molecular weight excluding hydrogens is 480 g/mol. The SMILES string of the molecule is Cc1nc(NCCC2(O)CCCC2)nc(N[C@@H]2C[C@H](CO)[C@@H](O)[C@H]2O)c1-c1nc2c(C)nccc2s1. The quantitative estimate of drug-likeness (QED) is 0.264. The second-order valence-electron chi connectivity index (χ2n) is 10.1. The van der Waals surface area contributed by atoms with Crippen molar-refractivity contribution in [2.45, 2.75) is 76.2 Å². The summed E-state index contributed by atoms with van der Waals surface area (Å²) in [6, 6.07) is 1.44. The molecule has 0 unspecified atom stereocenters. The molecule has 3 heterocycles. The third-order valence-corrected chi connectivity index (χ3v) is 8.60. The Morgan fingerprint density at radius 3 is 2.56 bits per heavy atom. The van der Waals surface area contributed by atoms with Gasteiger partial charge in [-0.3, -0.25) is 4.98 Å². The molecule has 10 nitrogen and oxygen atoms in total. The second kappa shape index (κ2) is 10.1. The average Bonchev–Trinajstić information content (AvgIpc) is 3.54. The standard InChI is InChI=1S/C25H34N6O4S/c1-13-18(23-30-19-14(2)26-9-5-17(19)36-23)22(29-16-11-15(12-32)20(33)21(16)34)31-24(28-13)27-10-8-25(35)6-3-4-7-25/h5,9,15-16,20-21,32-35H,3-4,6-8,10-12H2,1-2H3,(H2,27,28,29,31)/t15-,16-,20-,21+/m1/s1. The van der Waals surface area contributed by atoms with Crippen LogP contribution in [0, 0.1) is 19.8 Å². The Kier molecular flexibility index (Phi) is 7.10. The van der Waals surface area contributed by atoms with Crippen molar-refractivity contribution >= 4 is 33.3 Å². The second-order valence-corrected chi connectivity index (χ2v) is 11.2. The van der Waals surface area contributed by atoms with E-state index in [4.69, 9.17) is 9.97 Å². The van der Waals surface area contributed by atoms with Gasteiger partial charge in [-0.05, 0) is 45.6 Å². The number of aliphatic hydroxyl groups is 4. The van der Waals surface area contributed by atoms with E-state index >= 15 is 0 Å². The molecule has 3 aromatic heterocycles. The van der Waals surface area contributed by atoms with Gasteiger partial charge in [-0.15, -0.1) is 11.3 Å². The molecule has 3 aromatic rings. The number of nitrogens with zero attached hydrogens (tertiary/aromatic N) is 4. The van der Waals surface area contributed by atoms with E-state index < -0.39 is 29.8 Å². The molecule has 4 atom stereocenters. The Bertz CT molecular complexity index is 1230. The van der Waals surface area contributed by atoms with Crippen LogP contribution in [0.15, 0.2) is 12.3 Å². The summed E-state index contributed by atoms with van der Waals surface area (Å²) < 4.78 is 1.01. The number of aryl methyl sites for hydroxylation is 2. The summed E-state index contributed by atoms with van der Waals surface area (Å²) >= 11 is 1.52. The zero-order chi connectivity index (χ0) is 25.4. The van der Waals surface area contributed by atoms with Gasteiger partial charge in [-0.1, -0.05) is 12.8 Å². The molecule has 2 aliphatic rings. The minimum atomic E-state index is -1.04. The van der Waals surface area contributed by atoms with Crippen molar-refractivity contribution in [2.24, 2.45) is 5.92 Å². The van der Waals surface area contributed by atoms with Gasteiger partial charge in [0, 0.05) is 25.3 Å². The van der Waals surface area contributed by atoms with Crippen LogP contribution in [0.2, 0.25) is 0 Å². The predicted octanol–water partition coefficient (Wildman–Crippen LogP) is 2.39. The number of aromatic nitrogens is 4. The molecule has 11 heteroatoms. The van der Waals surface area contributed by atoms with E-state index in [0.717, 1.165) is 52.2 Å². The van der Waals surface area contributed by atoms with Crippen molar-refractivity contribution in [1.82, 2.24) is 19.9 Å². The number of rotatable bonds is 8. The van der Waals surface area contributed by atoms with Gasteiger partial charge in [0.15, 0.2) is 0 Å². The Morgan fingerprint density at radius 1 is 1.08 bits per heavy atom. The molecule has 0 bridgehead atoms. The Labute approximate surface area is 213 Å². The third kappa shape index (κ3) is 4.90. The maximum Gasteiger partial charge on any atom is 0.224 e. The topological polar surface area (TPSA) is 157 Å². The van der Waals surface area contributed by atoms with Crippen molar-refractivity contribution in [3.05, 3.63) is 23.7 Å². The van der Waals surface area contributed by atoms with Crippen LogP contribution in [0.1, 0.15) is 49.9 Å². The van der Waals surface area contributed by atoms with Gasteiger partial charge in [0.2, 0.25) is 5.95 Å². The normalized spacial score (nSPS) is 25.5.